The van der Waals surface area contributed by atoms with Gasteiger partial charge in [0.15, 0.2) is 0 Å². The van der Waals surface area contributed by atoms with E-state index in [9.17, 15) is 0 Å². The van der Waals surface area contributed by atoms with Gasteiger partial charge in [0, 0.05) is 0 Å². The smallest absolute Gasteiger partial charge is 0.0114 e. The van der Waals surface area contributed by atoms with Crippen molar-refractivity contribution >= 4 is 0 Å². The highest BCUT2D eigenvalue weighted by Crippen LogP contribution is 2.42. The monoisotopic (exact) mass is 524 g/mol. The molecule has 0 saturated carbocycles. The largest absolute Gasteiger partial charge is 0.0651 e. The maximum atomic E-state index is 2.55. The van der Waals surface area contributed by atoms with Crippen molar-refractivity contribution in [1.82, 2.24) is 0 Å². The lowest BCUT2D eigenvalue weighted by Gasteiger charge is -2.25. The first-order valence-corrected chi connectivity index (χ1v) is 16.3. The first-order valence-electron chi connectivity index (χ1n) is 16.3. The van der Waals surface area contributed by atoms with Gasteiger partial charge < -0.3 is 0 Å². The first-order chi connectivity index (χ1) is 18.8. The predicted octanol–water partition coefficient (Wildman–Crippen LogP) is 12.2. The van der Waals surface area contributed by atoms with Gasteiger partial charge >= 0.3 is 0 Å². The van der Waals surface area contributed by atoms with Gasteiger partial charge in [-0.3, -0.25) is 0 Å². The van der Waals surface area contributed by atoms with Crippen LogP contribution >= 0.6 is 0 Å². The highest BCUT2D eigenvalue weighted by atomic mass is 14.3. The summed E-state index contributed by atoms with van der Waals surface area (Å²) in [4.78, 5) is 0. The van der Waals surface area contributed by atoms with Gasteiger partial charge in [-0.05, 0) is 118 Å². The van der Waals surface area contributed by atoms with Crippen LogP contribution in [-0.4, -0.2) is 0 Å². The Balaban J connectivity index is 2.36. The van der Waals surface area contributed by atoms with Crippen molar-refractivity contribution in [1.29, 1.82) is 0 Å². The molecule has 2 atom stereocenters. The number of rotatable bonds is 14. The molecule has 0 nitrogen and oxygen atoms in total. The first kappa shape index (κ1) is 31.2. The van der Waals surface area contributed by atoms with E-state index in [-0.39, 0.29) is 0 Å². The minimum atomic E-state index is 0.552. The minimum absolute atomic E-state index is 0.552. The van der Waals surface area contributed by atoms with Crippen molar-refractivity contribution < 1.29 is 0 Å². The van der Waals surface area contributed by atoms with Gasteiger partial charge in [0.1, 0.15) is 0 Å². The third-order valence-electron chi connectivity index (χ3n) is 8.93. The topological polar surface area (TPSA) is 0 Å². The van der Waals surface area contributed by atoms with Crippen LogP contribution in [-0.2, 0) is 25.7 Å². The van der Waals surface area contributed by atoms with Gasteiger partial charge in [0.25, 0.3) is 0 Å². The zero-order chi connectivity index (χ0) is 28.5. The second-order valence-corrected chi connectivity index (χ2v) is 12.0. The number of benzene rings is 3. The summed E-state index contributed by atoms with van der Waals surface area (Å²) in [5.41, 5.74) is 16.6. The summed E-state index contributed by atoms with van der Waals surface area (Å²) in [7, 11) is 0. The molecular formula is C39H56. The Morgan fingerprint density at radius 1 is 0.564 bits per heavy atom. The molecule has 39 heavy (non-hydrogen) atoms. The van der Waals surface area contributed by atoms with E-state index in [0.717, 1.165) is 19.3 Å². The summed E-state index contributed by atoms with van der Waals surface area (Å²) in [6.45, 7) is 21.2. The second-order valence-electron chi connectivity index (χ2n) is 12.0. The van der Waals surface area contributed by atoms with E-state index >= 15 is 0 Å². The van der Waals surface area contributed by atoms with E-state index in [0.29, 0.717) is 11.8 Å². The molecule has 0 fully saturated rings. The maximum Gasteiger partial charge on any atom is -0.0114 e. The van der Waals surface area contributed by atoms with Crippen molar-refractivity contribution in [2.75, 3.05) is 0 Å². The fourth-order valence-corrected chi connectivity index (χ4v) is 6.40. The Morgan fingerprint density at radius 2 is 1.05 bits per heavy atom. The molecule has 3 aromatic carbocycles. The normalized spacial score (nSPS) is 13.1. The van der Waals surface area contributed by atoms with Crippen molar-refractivity contribution in [3.8, 4) is 22.3 Å². The average Bonchev–Trinajstić information content (AvgIpc) is 2.93. The molecular weight excluding hydrogens is 468 g/mol. The van der Waals surface area contributed by atoms with E-state index in [2.05, 4.69) is 105 Å². The van der Waals surface area contributed by atoms with Gasteiger partial charge in [-0.15, -0.1) is 0 Å². The summed E-state index contributed by atoms with van der Waals surface area (Å²) in [6.07, 6.45) is 11.7. The van der Waals surface area contributed by atoms with Crippen molar-refractivity contribution in [2.24, 2.45) is 0 Å². The molecule has 212 valence electrons. The summed E-state index contributed by atoms with van der Waals surface area (Å²) < 4.78 is 0. The van der Waals surface area contributed by atoms with Gasteiger partial charge in [-0.2, -0.15) is 0 Å². The number of aryl methyl sites for hydroxylation is 4. The molecule has 0 radical (unpaired) electrons. The zero-order valence-corrected chi connectivity index (χ0v) is 26.8. The Hall–Kier alpha value is -2.34. The quantitative estimate of drug-likeness (QED) is 0.197. The lowest BCUT2D eigenvalue weighted by Crippen LogP contribution is -2.06. The van der Waals surface area contributed by atoms with Crippen LogP contribution in [0.3, 0.4) is 0 Å². The van der Waals surface area contributed by atoms with Crippen LogP contribution < -0.4 is 0 Å². The van der Waals surface area contributed by atoms with Crippen LogP contribution in [0.4, 0.5) is 0 Å². The summed E-state index contributed by atoms with van der Waals surface area (Å²) in [6, 6.07) is 17.3. The molecule has 3 aromatic rings. The highest BCUT2D eigenvalue weighted by Gasteiger charge is 2.22. The van der Waals surface area contributed by atoms with Gasteiger partial charge in [0.2, 0.25) is 0 Å². The molecule has 0 saturated heterocycles. The third kappa shape index (κ3) is 7.06. The molecule has 0 heterocycles. The minimum Gasteiger partial charge on any atom is -0.0651 e. The number of hydrogen-bond acceptors (Lipinski definition) is 0. The van der Waals surface area contributed by atoms with Gasteiger partial charge in [0.05, 0.1) is 0 Å². The fourth-order valence-electron chi connectivity index (χ4n) is 6.40. The van der Waals surface area contributed by atoms with Crippen LogP contribution in [0.15, 0.2) is 42.5 Å². The number of hydrogen-bond donors (Lipinski definition) is 0. The highest BCUT2D eigenvalue weighted by molar-refractivity contribution is 5.84. The van der Waals surface area contributed by atoms with Crippen LogP contribution in [0, 0.1) is 6.92 Å². The molecule has 0 aliphatic carbocycles. The second kappa shape index (κ2) is 14.9. The molecule has 0 aromatic heterocycles. The molecule has 3 rings (SSSR count). The summed E-state index contributed by atoms with van der Waals surface area (Å²) in [5, 5.41) is 0. The summed E-state index contributed by atoms with van der Waals surface area (Å²) in [5.74, 6) is 1.16. The van der Waals surface area contributed by atoms with E-state index in [1.54, 1.807) is 22.3 Å². The van der Waals surface area contributed by atoms with Crippen molar-refractivity contribution in [2.45, 2.75) is 138 Å². The predicted molar refractivity (Wildman–Crippen MR) is 175 cm³/mol. The van der Waals surface area contributed by atoms with Crippen molar-refractivity contribution in [3.05, 3.63) is 81.4 Å². The Morgan fingerprint density at radius 3 is 1.54 bits per heavy atom. The van der Waals surface area contributed by atoms with Crippen LogP contribution in [0.5, 0.6) is 0 Å². The molecule has 0 spiro atoms. The van der Waals surface area contributed by atoms with Crippen LogP contribution in [0.25, 0.3) is 22.3 Å². The lowest BCUT2D eigenvalue weighted by molar-refractivity contribution is 0.728. The lowest BCUT2D eigenvalue weighted by atomic mass is 9.79. The summed E-state index contributed by atoms with van der Waals surface area (Å²) >= 11 is 0. The Kier molecular flexibility index (Phi) is 11.9. The maximum absolute atomic E-state index is 2.55. The van der Waals surface area contributed by atoms with Crippen LogP contribution in [0.1, 0.15) is 145 Å². The molecule has 0 N–H and O–H groups in total. The van der Waals surface area contributed by atoms with E-state index in [4.69, 9.17) is 0 Å². The van der Waals surface area contributed by atoms with Gasteiger partial charge in [-0.25, -0.2) is 0 Å². The molecule has 0 bridgehead atoms. The van der Waals surface area contributed by atoms with E-state index < -0.39 is 0 Å². The fraction of sp³-hybridized carbons (Fsp3) is 0.538. The molecule has 0 amide bonds. The zero-order valence-electron chi connectivity index (χ0n) is 26.8. The van der Waals surface area contributed by atoms with Gasteiger partial charge in [-0.1, -0.05) is 124 Å². The molecule has 0 heteroatoms. The SMILES string of the molecule is CCCc1cc(CCC)c(-c2cccc(-c3c(CCC)cc(C(C)CC)cc3CCC)c2C)c(C(C)CC)c1. The molecule has 2 unspecified atom stereocenters. The standard InChI is InChI=1S/C39H56/c1-10-17-30-23-31(18-11-2)39(37(24-30)28(8)15-6)36-22-16-21-35(29(36)9)38-32(19-12-3)25-34(27(7)14-5)26-33(38)20-13-4/h16,21-28H,10-15,17-20H2,1-9H3. The average molecular weight is 525 g/mol. The van der Waals surface area contributed by atoms with E-state index in [1.165, 1.54) is 83.9 Å². The van der Waals surface area contributed by atoms with Crippen molar-refractivity contribution in [3.63, 3.8) is 0 Å². The molecule has 0 aliphatic heterocycles. The Labute approximate surface area is 241 Å². The Bertz CT molecular complexity index is 1180. The van der Waals surface area contributed by atoms with Crippen LogP contribution in [0.2, 0.25) is 0 Å². The molecule has 0 aliphatic rings. The van der Waals surface area contributed by atoms with E-state index in [1.807, 2.05) is 0 Å². The third-order valence-corrected chi connectivity index (χ3v) is 8.93.